The molecule has 1 aliphatic rings. The quantitative estimate of drug-likeness (QED) is 0.165. The molecule has 216 valence electrons. The molecule has 3 heterocycles. The van der Waals surface area contributed by atoms with E-state index in [1.807, 2.05) is 30.3 Å². The van der Waals surface area contributed by atoms with Gasteiger partial charge in [0.25, 0.3) is 0 Å². The summed E-state index contributed by atoms with van der Waals surface area (Å²) in [4.78, 5) is 25.5. The van der Waals surface area contributed by atoms with Crippen LogP contribution in [-0.4, -0.2) is 62.5 Å². The van der Waals surface area contributed by atoms with Crippen molar-refractivity contribution in [3.05, 3.63) is 78.9 Å². The van der Waals surface area contributed by atoms with Gasteiger partial charge in [-0.05, 0) is 24.6 Å². The van der Waals surface area contributed by atoms with Crippen molar-refractivity contribution in [1.29, 1.82) is 0 Å². The van der Waals surface area contributed by atoms with Gasteiger partial charge < -0.3 is 24.4 Å². The number of nitrogens with one attached hydrogen (secondary N) is 2. The van der Waals surface area contributed by atoms with Crippen molar-refractivity contribution in [3.8, 4) is 5.75 Å². The Hall–Kier alpha value is -3.87. The molecular weight excluding hydrogens is 551 g/mol. The zero-order valence-corrected chi connectivity index (χ0v) is 23.4. The van der Waals surface area contributed by atoms with Gasteiger partial charge in [-0.15, -0.1) is 0 Å². The second-order valence-electron chi connectivity index (χ2n) is 9.37. The number of fused-ring (bicyclic) bond motifs is 1. The molecule has 2 aromatic heterocycles. The van der Waals surface area contributed by atoms with Crippen LogP contribution in [0.1, 0.15) is 25.1 Å². The van der Waals surface area contributed by atoms with E-state index in [-0.39, 0.29) is 25.4 Å². The van der Waals surface area contributed by atoms with Crippen LogP contribution in [0.3, 0.4) is 0 Å². The monoisotopic (exact) mass is 582 g/mol. The van der Waals surface area contributed by atoms with E-state index in [2.05, 4.69) is 25.4 Å². The molecule has 0 radical (unpaired) electrons. The van der Waals surface area contributed by atoms with Crippen LogP contribution in [0.5, 0.6) is 5.75 Å². The molecule has 0 spiro atoms. The van der Waals surface area contributed by atoms with Gasteiger partial charge in [-0.1, -0.05) is 48.5 Å². The van der Waals surface area contributed by atoms with Crippen molar-refractivity contribution in [2.45, 2.75) is 44.4 Å². The molecule has 5 atom stereocenters. The fraction of sp³-hybridized carbons (Fsp3) is 0.333. The van der Waals surface area contributed by atoms with E-state index >= 15 is 0 Å². The number of nitrogens with zero attached hydrogens (tertiary/aromatic N) is 4. The average molecular weight is 583 g/mol. The van der Waals surface area contributed by atoms with Crippen LogP contribution in [0.25, 0.3) is 11.2 Å². The lowest BCUT2D eigenvalue weighted by molar-refractivity contribution is -0.146. The minimum Gasteiger partial charge on any atom is -0.460 e. The van der Waals surface area contributed by atoms with Crippen LogP contribution in [-0.2, 0) is 30.0 Å². The molecule has 2 aromatic carbocycles. The Kier molecular flexibility index (Phi) is 8.91. The Morgan fingerprint density at radius 1 is 1.15 bits per heavy atom. The number of hydrogen-bond acceptors (Lipinski definition) is 11. The van der Waals surface area contributed by atoms with Crippen molar-refractivity contribution in [2.75, 3.05) is 19.0 Å². The maximum absolute atomic E-state index is 13.9. The highest BCUT2D eigenvalue weighted by Gasteiger charge is 2.39. The van der Waals surface area contributed by atoms with E-state index in [4.69, 9.17) is 18.5 Å². The highest BCUT2D eigenvalue weighted by atomic mass is 31.2. The molecular formula is C27H31N6O7P. The van der Waals surface area contributed by atoms with Crippen LogP contribution >= 0.6 is 7.75 Å². The first-order valence-electron chi connectivity index (χ1n) is 13.0. The summed E-state index contributed by atoms with van der Waals surface area (Å²) in [7, 11) is -2.41. The number of rotatable bonds is 12. The van der Waals surface area contributed by atoms with Gasteiger partial charge in [0.2, 0.25) is 0 Å². The van der Waals surface area contributed by atoms with Gasteiger partial charge in [-0.25, -0.2) is 19.5 Å². The Balaban J connectivity index is 1.25. The number of aliphatic hydroxyl groups is 1. The summed E-state index contributed by atoms with van der Waals surface area (Å²) in [5.41, 5.74) is 1.91. The number of imidazole rings is 1. The Bertz CT molecular complexity index is 1510. The van der Waals surface area contributed by atoms with Crippen LogP contribution in [0, 0.1) is 0 Å². The molecule has 4 aromatic rings. The number of aliphatic hydroxyl groups excluding tert-OH is 1. The third-order valence-corrected chi connectivity index (χ3v) is 8.06. The van der Waals surface area contributed by atoms with Crippen molar-refractivity contribution in [1.82, 2.24) is 24.6 Å². The number of aromatic nitrogens is 4. The molecule has 14 heteroatoms. The van der Waals surface area contributed by atoms with Gasteiger partial charge in [-0.2, -0.15) is 5.09 Å². The number of benzene rings is 2. The molecule has 13 nitrogen and oxygen atoms in total. The number of carbonyl (C=O) groups excluding carboxylic acids is 1. The molecule has 0 amide bonds. The van der Waals surface area contributed by atoms with E-state index in [0.717, 1.165) is 5.56 Å². The van der Waals surface area contributed by atoms with Gasteiger partial charge in [0.05, 0.1) is 19.0 Å². The Labute approximate surface area is 236 Å². The predicted octanol–water partition coefficient (Wildman–Crippen LogP) is 3.44. The van der Waals surface area contributed by atoms with Crippen molar-refractivity contribution in [2.24, 2.45) is 0 Å². The molecule has 2 unspecified atom stereocenters. The van der Waals surface area contributed by atoms with Crippen molar-refractivity contribution in [3.63, 3.8) is 0 Å². The molecule has 3 N–H and O–H groups in total. The molecule has 0 bridgehead atoms. The number of para-hydroxylation sites is 1. The van der Waals surface area contributed by atoms with Gasteiger partial charge in [0.15, 0.2) is 11.5 Å². The summed E-state index contributed by atoms with van der Waals surface area (Å²) < 4.78 is 38.4. The van der Waals surface area contributed by atoms with Crippen LogP contribution in [0.15, 0.2) is 73.3 Å². The van der Waals surface area contributed by atoms with E-state index in [1.54, 1.807) is 48.3 Å². The number of hydrogen-bond donors (Lipinski definition) is 3. The second kappa shape index (κ2) is 12.8. The minimum absolute atomic E-state index is 0.0591. The fourth-order valence-corrected chi connectivity index (χ4v) is 5.81. The third-order valence-electron chi connectivity index (χ3n) is 6.42. The molecule has 41 heavy (non-hydrogen) atoms. The summed E-state index contributed by atoms with van der Waals surface area (Å²) in [6, 6.07) is 16.6. The summed E-state index contributed by atoms with van der Waals surface area (Å²) in [5.74, 6) is 0.194. The van der Waals surface area contributed by atoms with E-state index in [0.29, 0.717) is 17.0 Å². The summed E-state index contributed by atoms with van der Waals surface area (Å²) >= 11 is 0. The zero-order chi connectivity index (χ0) is 28.8. The summed E-state index contributed by atoms with van der Waals surface area (Å²) in [6.07, 6.45) is 0.802. The Morgan fingerprint density at radius 3 is 2.61 bits per heavy atom. The van der Waals surface area contributed by atoms with Crippen molar-refractivity contribution >= 4 is 30.7 Å². The first kappa shape index (κ1) is 28.7. The molecule has 1 saturated heterocycles. The lowest BCUT2D eigenvalue weighted by Gasteiger charge is -2.24. The van der Waals surface area contributed by atoms with Gasteiger partial charge in [-0.3, -0.25) is 13.9 Å². The first-order chi connectivity index (χ1) is 19.8. The van der Waals surface area contributed by atoms with Gasteiger partial charge >= 0.3 is 13.7 Å². The van der Waals surface area contributed by atoms with Crippen molar-refractivity contribution < 1.29 is 33.0 Å². The smallest absolute Gasteiger partial charge is 0.459 e. The lowest BCUT2D eigenvalue weighted by Crippen LogP contribution is -2.36. The van der Waals surface area contributed by atoms with Crippen LogP contribution in [0.4, 0.5) is 5.82 Å². The van der Waals surface area contributed by atoms with Gasteiger partial charge in [0, 0.05) is 13.5 Å². The standard InChI is InChI=1S/C27H31N6O7P/c1-18(27(35)37-14-19-9-5-3-6-10-19)32-41(36,40-20-11-7-4-8-12-20)38-15-22-21(34)13-23(39-22)33-17-31-24-25(28-2)29-16-30-26(24)33/h3-12,16-18,21-23,34H,13-15H2,1-2H3,(H,32,36)(H,28,29,30)/t18-,21-,22+,23?,41?/m0/s1. The van der Waals surface area contributed by atoms with Gasteiger partial charge in [0.1, 0.15) is 42.6 Å². The second-order valence-corrected chi connectivity index (χ2v) is 11.1. The van der Waals surface area contributed by atoms with Crippen LogP contribution < -0.4 is 14.9 Å². The maximum atomic E-state index is 13.9. The predicted molar refractivity (Wildman–Crippen MR) is 149 cm³/mol. The normalized spacial score (nSPS) is 20.8. The summed E-state index contributed by atoms with van der Waals surface area (Å²) in [5, 5.41) is 16.4. The highest BCUT2D eigenvalue weighted by molar-refractivity contribution is 7.52. The van der Waals surface area contributed by atoms with E-state index < -0.39 is 38.2 Å². The number of carbonyl (C=O) groups is 1. The number of ether oxygens (including phenoxy) is 2. The molecule has 1 fully saturated rings. The third kappa shape index (κ3) is 6.89. The molecule has 1 aliphatic heterocycles. The van der Waals surface area contributed by atoms with E-state index in [9.17, 15) is 14.5 Å². The fourth-order valence-electron chi connectivity index (χ4n) is 4.31. The SMILES string of the molecule is CNc1ncnc2c1ncn2C1C[C@H](O)[C@@H](COP(=O)(N[C@@H](C)C(=O)OCc2ccccc2)Oc2ccccc2)O1. The summed E-state index contributed by atoms with van der Waals surface area (Å²) in [6.45, 7) is 1.27. The number of anilines is 1. The minimum atomic E-state index is -4.15. The molecule has 0 aliphatic carbocycles. The lowest BCUT2D eigenvalue weighted by atomic mass is 10.2. The maximum Gasteiger partial charge on any atom is 0.459 e. The highest BCUT2D eigenvalue weighted by Crippen LogP contribution is 2.46. The molecule has 0 saturated carbocycles. The van der Waals surface area contributed by atoms with E-state index in [1.165, 1.54) is 13.3 Å². The van der Waals surface area contributed by atoms with Crippen LogP contribution in [0.2, 0.25) is 0 Å². The Morgan fingerprint density at radius 2 is 1.88 bits per heavy atom. The largest absolute Gasteiger partial charge is 0.460 e. The molecule has 5 rings (SSSR count). The topological polar surface area (TPSA) is 159 Å². The first-order valence-corrected chi connectivity index (χ1v) is 14.6. The average Bonchev–Trinajstić information content (AvgIpc) is 3.59. The number of esters is 1. The zero-order valence-electron chi connectivity index (χ0n) is 22.5.